The number of ether oxygens (including phenoxy) is 1. The molecule has 3 aromatic rings. The van der Waals surface area contributed by atoms with Gasteiger partial charge in [-0.2, -0.15) is 0 Å². The number of benzene rings is 2. The standard InChI is InChI=1S/C23H22ClNO3/c1-14-6-8-15(9-7-14)11-25-12-19-21-18(10-20(24)22(19)27-13-25)16-4-2-3-5-17(16)23(26)28-21/h6-10H,2-5,11-13H2,1H3. The zero-order valence-corrected chi connectivity index (χ0v) is 16.6. The summed E-state index contributed by atoms with van der Waals surface area (Å²) in [5.41, 5.74) is 5.71. The minimum absolute atomic E-state index is 0.206. The van der Waals surface area contributed by atoms with E-state index < -0.39 is 0 Å². The zero-order valence-electron chi connectivity index (χ0n) is 15.9. The van der Waals surface area contributed by atoms with E-state index in [1.165, 1.54) is 11.1 Å². The first-order valence-electron chi connectivity index (χ1n) is 9.81. The molecule has 0 saturated heterocycles. The maximum absolute atomic E-state index is 12.6. The first-order valence-corrected chi connectivity index (χ1v) is 10.2. The molecule has 5 rings (SSSR count). The van der Waals surface area contributed by atoms with Gasteiger partial charge in [-0.3, -0.25) is 4.90 Å². The Morgan fingerprint density at radius 1 is 1.07 bits per heavy atom. The second kappa shape index (κ2) is 6.94. The summed E-state index contributed by atoms with van der Waals surface area (Å²) in [5, 5.41) is 1.57. The van der Waals surface area contributed by atoms with Crippen LogP contribution in [0.3, 0.4) is 0 Å². The fourth-order valence-electron chi connectivity index (χ4n) is 4.37. The normalized spacial score (nSPS) is 16.5. The van der Waals surface area contributed by atoms with Gasteiger partial charge in [-0.1, -0.05) is 41.4 Å². The van der Waals surface area contributed by atoms with Crippen LogP contribution in [-0.2, 0) is 25.9 Å². The predicted octanol–water partition coefficient (Wildman–Crippen LogP) is 4.99. The van der Waals surface area contributed by atoms with Crippen molar-refractivity contribution in [2.24, 2.45) is 0 Å². The van der Waals surface area contributed by atoms with Crippen LogP contribution in [-0.4, -0.2) is 11.6 Å². The van der Waals surface area contributed by atoms with Crippen molar-refractivity contribution >= 4 is 22.6 Å². The van der Waals surface area contributed by atoms with Gasteiger partial charge in [0, 0.05) is 24.0 Å². The van der Waals surface area contributed by atoms with E-state index in [1.807, 2.05) is 6.07 Å². The van der Waals surface area contributed by atoms with Gasteiger partial charge in [-0.05, 0) is 49.8 Å². The average Bonchev–Trinajstić information content (AvgIpc) is 2.71. The van der Waals surface area contributed by atoms with E-state index in [2.05, 4.69) is 36.1 Å². The predicted molar refractivity (Wildman–Crippen MR) is 110 cm³/mol. The van der Waals surface area contributed by atoms with E-state index in [9.17, 15) is 4.79 Å². The Balaban J connectivity index is 1.58. The Kier molecular flexibility index (Phi) is 4.41. The first kappa shape index (κ1) is 17.8. The van der Waals surface area contributed by atoms with Crippen molar-refractivity contribution in [2.45, 2.75) is 45.7 Å². The van der Waals surface area contributed by atoms with Crippen LogP contribution in [0.4, 0.5) is 0 Å². The summed E-state index contributed by atoms with van der Waals surface area (Å²) in [5.74, 6) is 0.647. The summed E-state index contributed by atoms with van der Waals surface area (Å²) in [4.78, 5) is 14.8. The van der Waals surface area contributed by atoms with Crippen molar-refractivity contribution in [3.05, 3.63) is 73.6 Å². The van der Waals surface area contributed by atoms with E-state index in [-0.39, 0.29) is 5.63 Å². The molecule has 4 nitrogen and oxygen atoms in total. The molecular formula is C23H22ClNO3. The molecule has 2 aliphatic rings. The molecule has 144 valence electrons. The molecule has 0 saturated carbocycles. The quantitative estimate of drug-likeness (QED) is 0.573. The van der Waals surface area contributed by atoms with Gasteiger partial charge >= 0.3 is 5.63 Å². The number of fused-ring (bicyclic) bond motifs is 5. The van der Waals surface area contributed by atoms with Crippen LogP contribution in [0.25, 0.3) is 11.0 Å². The molecule has 0 atom stereocenters. The van der Waals surface area contributed by atoms with Crippen molar-refractivity contribution < 1.29 is 9.15 Å². The van der Waals surface area contributed by atoms with Crippen LogP contribution < -0.4 is 10.4 Å². The monoisotopic (exact) mass is 395 g/mol. The zero-order chi connectivity index (χ0) is 19.3. The molecule has 2 heterocycles. The van der Waals surface area contributed by atoms with Crippen molar-refractivity contribution in [2.75, 3.05) is 6.73 Å². The van der Waals surface area contributed by atoms with Gasteiger partial charge in [-0.15, -0.1) is 0 Å². The van der Waals surface area contributed by atoms with Gasteiger partial charge in [-0.25, -0.2) is 4.79 Å². The fraction of sp³-hybridized carbons (Fsp3) is 0.348. The van der Waals surface area contributed by atoms with E-state index in [4.69, 9.17) is 20.8 Å². The van der Waals surface area contributed by atoms with Crippen molar-refractivity contribution in [1.29, 1.82) is 0 Å². The Morgan fingerprint density at radius 3 is 2.61 bits per heavy atom. The van der Waals surface area contributed by atoms with Gasteiger partial charge in [0.25, 0.3) is 0 Å². The third-order valence-electron chi connectivity index (χ3n) is 5.81. The molecule has 0 spiro atoms. The number of aryl methyl sites for hydroxylation is 2. The lowest BCUT2D eigenvalue weighted by Crippen LogP contribution is -2.32. The second-order valence-corrected chi connectivity index (χ2v) is 8.25. The second-order valence-electron chi connectivity index (χ2n) is 7.84. The molecular weight excluding hydrogens is 374 g/mol. The minimum atomic E-state index is -0.206. The Morgan fingerprint density at radius 2 is 1.82 bits per heavy atom. The number of halogens is 1. The average molecular weight is 396 g/mol. The first-order chi connectivity index (χ1) is 13.6. The molecule has 5 heteroatoms. The highest BCUT2D eigenvalue weighted by molar-refractivity contribution is 6.33. The lowest BCUT2D eigenvalue weighted by atomic mass is 9.90. The van der Waals surface area contributed by atoms with Crippen LogP contribution in [0.1, 0.15) is 40.7 Å². The van der Waals surface area contributed by atoms with Crippen molar-refractivity contribution in [1.82, 2.24) is 4.90 Å². The fourth-order valence-corrected chi connectivity index (χ4v) is 4.65. The van der Waals surface area contributed by atoms with E-state index in [0.717, 1.165) is 54.3 Å². The number of hydrogen-bond acceptors (Lipinski definition) is 4. The molecule has 2 aromatic carbocycles. The maximum atomic E-state index is 12.6. The van der Waals surface area contributed by atoms with Gasteiger partial charge in [0.05, 0.1) is 10.6 Å². The molecule has 28 heavy (non-hydrogen) atoms. The van der Waals surface area contributed by atoms with Gasteiger partial charge in [0.15, 0.2) is 0 Å². The highest BCUT2D eigenvalue weighted by Crippen LogP contribution is 2.41. The molecule has 0 N–H and O–H groups in total. The summed E-state index contributed by atoms with van der Waals surface area (Å²) in [6, 6.07) is 10.4. The summed E-state index contributed by atoms with van der Waals surface area (Å²) in [6.07, 6.45) is 3.82. The van der Waals surface area contributed by atoms with E-state index in [0.29, 0.717) is 29.6 Å². The van der Waals surface area contributed by atoms with Gasteiger partial charge < -0.3 is 9.15 Å². The number of hydrogen-bond donors (Lipinski definition) is 0. The van der Waals surface area contributed by atoms with Gasteiger partial charge in [0.1, 0.15) is 18.1 Å². The lowest BCUT2D eigenvalue weighted by molar-refractivity contribution is 0.0890. The van der Waals surface area contributed by atoms with E-state index >= 15 is 0 Å². The van der Waals surface area contributed by atoms with Crippen LogP contribution in [0.15, 0.2) is 39.5 Å². The van der Waals surface area contributed by atoms with Crippen LogP contribution in [0.2, 0.25) is 5.02 Å². The number of rotatable bonds is 2. The molecule has 0 bridgehead atoms. The van der Waals surface area contributed by atoms with Gasteiger partial charge in [0.2, 0.25) is 0 Å². The van der Waals surface area contributed by atoms with Crippen molar-refractivity contribution in [3.8, 4) is 5.75 Å². The molecule has 0 amide bonds. The molecule has 1 aliphatic carbocycles. The van der Waals surface area contributed by atoms with E-state index in [1.54, 1.807) is 0 Å². The summed E-state index contributed by atoms with van der Waals surface area (Å²) >= 11 is 6.57. The Bertz CT molecular complexity index is 1120. The highest BCUT2D eigenvalue weighted by atomic mass is 35.5. The summed E-state index contributed by atoms with van der Waals surface area (Å²) in [7, 11) is 0. The van der Waals surface area contributed by atoms with Crippen LogP contribution >= 0.6 is 11.6 Å². The summed E-state index contributed by atoms with van der Waals surface area (Å²) in [6.45, 7) is 3.95. The molecule has 0 unspecified atom stereocenters. The van der Waals surface area contributed by atoms with Crippen molar-refractivity contribution in [3.63, 3.8) is 0 Å². The SMILES string of the molecule is Cc1ccc(CN2COc3c(Cl)cc4c5c(c(=O)oc4c3C2)CCCC5)cc1. The molecule has 0 radical (unpaired) electrons. The Hall–Kier alpha value is -2.30. The third kappa shape index (κ3) is 3.01. The molecule has 1 aliphatic heterocycles. The molecule has 0 fully saturated rings. The summed E-state index contributed by atoms with van der Waals surface area (Å²) < 4.78 is 11.8. The minimum Gasteiger partial charge on any atom is -0.476 e. The number of nitrogens with zero attached hydrogens (tertiary/aromatic N) is 1. The molecule has 1 aromatic heterocycles. The largest absolute Gasteiger partial charge is 0.476 e. The smallest absolute Gasteiger partial charge is 0.339 e. The highest BCUT2D eigenvalue weighted by Gasteiger charge is 2.27. The third-order valence-corrected chi connectivity index (χ3v) is 6.10. The maximum Gasteiger partial charge on any atom is 0.339 e. The van der Waals surface area contributed by atoms with Crippen LogP contribution in [0.5, 0.6) is 5.75 Å². The van der Waals surface area contributed by atoms with Crippen LogP contribution in [0, 0.1) is 6.92 Å². The topological polar surface area (TPSA) is 42.7 Å². The lowest BCUT2D eigenvalue weighted by Gasteiger charge is -2.30. The Labute approximate surface area is 168 Å².